The summed E-state index contributed by atoms with van der Waals surface area (Å²) < 4.78 is 37.8. The first kappa shape index (κ1) is 22.7. The molecule has 5 rings (SSSR count). The third-order valence-corrected chi connectivity index (χ3v) is 6.24. The summed E-state index contributed by atoms with van der Waals surface area (Å²) in [5.41, 5.74) is 5.97. The molecule has 0 spiro atoms. The molecule has 3 heterocycles. The van der Waals surface area contributed by atoms with Crippen LogP contribution in [0.4, 0.5) is 8.78 Å². The van der Waals surface area contributed by atoms with E-state index in [4.69, 9.17) is 10.5 Å². The van der Waals surface area contributed by atoms with Crippen LogP contribution >= 0.6 is 22.6 Å². The van der Waals surface area contributed by atoms with Crippen molar-refractivity contribution in [3.05, 3.63) is 110 Å². The van der Waals surface area contributed by atoms with Crippen molar-refractivity contribution in [1.82, 2.24) is 14.2 Å². The lowest BCUT2D eigenvalue weighted by atomic mass is 10.0. The number of amides is 1. The van der Waals surface area contributed by atoms with Crippen LogP contribution in [0.25, 0.3) is 22.3 Å². The van der Waals surface area contributed by atoms with E-state index in [1.807, 2.05) is 6.07 Å². The minimum absolute atomic E-state index is 0.0425. The largest absolute Gasteiger partial charge is 0.452 e. The highest BCUT2D eigenvalue weighted by Gasteiger charge is 2.19. The summed E-state index contributed by atoms with van der Waals surface area (Å²) in [5.74, 6) is -1.76. The Morgan fingerprint density at radius 3 is 2.46 bits per heavy atom. The Hall–Kier alpha value is -4.06. The van der Waals surface area contributed by atoms with E-state index in [-0.39, 0.29) is 22.4 Å². The molecule has 0 fully saturated rings. The monoisotopic (exact) mass is 584 g/mol. The Labute approximate surface area is 210 Å². The van der Waals surface area contributed by atoms with Crippen molar-refractivity contribution in [3.63, 3.8) is 0 Å². The Balaban J connectivity index is 1.55. The van der Waals surface area contributed by atoms with Gasteiger partial charge >= 0.3 is 0 Å². The van der Waals surface area contributed by atoms with Gasteiger partial charge in [-0.1, -0.05) is 6.07 Å². The third kappa shape index (κ3) is 4.16. The van der Waals surface area contributed by atoms with Crippen molar-refractivity contribution in [1.29, 1.82) is 0 Å². The van der Waals surface area contributed by atoms with Gasteiger partial charge in [-0.15, -0.1) is 0 Å². The first-order valence-electron chi connectivity index (χ1n) is 10.2. The number of carbonyl (C=O) groups is 1. The minimum Gasteiger partial charge on any atom is -0.452 e. The van der Waals surface area contributed by atoms with Crippen LogP contribution in [0.2, 0.25) is 0 Å². The van der Waals surface area contributed by atoms with Crippen molar-refractivity contribution in [2.75, 3.05) is 0 Å². The zero-order chi connectivity index (χ0) is 24.7. The Morgan fingerprint density at radius 2 is 1.74 bits per heavy atom. The molecule has 1 amide bonds. The van der Waals surface area contributed by atoms with Gasteiger partial charge in [-0.25, -0.2) is 13.3 Å². The molecule has 0 aliphatic heterocycles. The van der Waals surface area contributed by atoms with Crippen molar-refractivity contribution >= 4 is 34.0 Å². The number of nitrogens with zero attached hydrogens (tertiary/aromatic N) is 3. The smallest absolute Gasteiger partial charge is 0.268 e. The van der Waals surface area contributed by atoms with E-state index in [1.165, 1.54) is 59.3 Å². The van der Waals surface area contributed by atoms with Gasteiger partial charge in [-0.05, 0) is 76.7 Å². The van der Waals surface area contributed by atoms with Crippen molar-refractivity contribution in [2.45, 2.75) is 0 Å². The molecule has 0 aliphatic rings. The number of primary amides is 1. The Bertz CT molecular complexity index is 1660. The molecule has 174 valence electrons. The van der Waals surface area contributed by atoms with Gasteiger partial charge < -0.3 is 10.5 Å². The summed E-state index contributed by atoms with van der Waals surface area (Å²) in [4.78, 5) is 25.3. The number of pyridine rings is 1. The molecular formula is C25H15F2IN4O3. The van der Waals surface area contributed by atoms with E-state index in [0.717, 1.165) is 3.57 Å². The van der Waals surface area contributed by atoms with Crippen molar-refractivity contribution in [2.24, 2.45) is 5.73 Å². The molecule has 35 heavy (non-hydrogen) atoms. The van der Waals surface area contributed by atoms with Crippen LogP contribution in [0.5, 0.6) is 11.5 Å². The fourth-order valence-corrected chi connectivity index (χ4v) is 4.42. The van der Waals surface area contributed by atoms with Crippen LogP contribution in [0, 0.1) is 15.2 Å². The number of fused-ring (bicyclic) bond motifs is 1. The van der Waals surface area contributed by atoms with Gasteiger partial charge in [0.25, 0.3) is 11.5 Å². The standard InChI is InChI=1S/C25H15F2IN4O3/c26-15-2-4-16(5-3-15)31-11-8-17(22(24(29)33)25(31)34)14-1-6-20(18(27)13-14)35-21-7-10-30-32-12-9-19(28)23(21)32/h1-13H,(H2,29,33). The first-order valence-corrected chi connectivity index (χ1v) is 11.3. The average molecular weight is 584 g/mol. The van der Waals surface area contributed by atoms with Crippen LogP contribution in [-0.4, -0.2) is 20.1 Å². The molecular weight excluding hydrogens is 569 g/mol. The van der Waals surface area contributed by atoms with Crippen LogP contribution in [-0.2, 0) is 0 Å². The lowest BCUT2D eigenvalue weighted by Crippen LogP contribution is -2.29. The minimum atomic E-state index is -0.968. The Morgan fingerprint density at radius 1 is 0.971 bits per heavy atom. The van der Waals surface area contributed by atoms with E-state index >= 15 is 4.39 Å². The molecule has 2 N–H and O–H groups in total. The van der Waals surface area contributed by atoms with Crippen molar-refractivity contribution in [3.8, 4) is 28.3 Å². The SMILES string of the molecule is NC(=O)c1c(-c2ccc(Oc3ccnn4ccc(I)c34)c(F)c2)ccn(-c2ccc(F)cc2)c1=O. The maximum Gasteiger partial charge on any atom is 0.268 e. The summed E-state index contributed by atoms with van der Waals surface area (Å²) in [6.07, 6.45) is 4.73. The quantitative estimate of drug-likeness (QED) is 0.297. The maximum atomic E-state index is 15.1. The van der Waals surface area contributed by atoms with Gasteiger partial charge in [-0.2, -0.15) is 5.10 Å². The third-order valence-electron chi connectivity index (χ3n) is 5.37. The predicted molar refractivity (Wildman–Crippen MR) is 134 cm³/mol. The van der Waals surface area contributed by atoms with E-state index in [9.17, 15) is 14.0 Å². The van der Waals surface area contributed by atoms with Crippen LogP contribution < -0.4 is 16.0 Å². The van der Waals surface area contributed by atoms with Crippen LogP contribution in [0.3, 0.4) is 0 Å². The van der Waals surface area contributed by atoms with E-state index < -0.39 is 23.1 Å². The normalized spacial score (nSPS) is 11.1. The molecule has 0 saturated heterocycles. The lowest BCUT2D eigenvalue weighted by molar-refractivity contribution is 0.0999. The van der Waals surface area contributed by atoms with E-state index in [0.29, 0.717) is 17.0 Å². The topological polar surface area (TPSA) is 91.6 Å². The number of benzene rings is 2. The number of ether oxygens (including phenoxy) is 1. The molecule has 10 heteroatoms. The molecule has 0 bridgehead atoms. The second kappa shape index (κ2) is 8.95. The maximum absolute atomic E-state index is 15.1. The number of hydrogen-bond donors (Lipinski definition) is 1. The molecule has 7 nitrogen and oxygen atoms in total. The summed E-state index contributed by atoms with van der Waals surface area (Å²) in [7, 11) is 0. The first-order chi connectivity index (χ1) is 16.8. The molecule has 2 aromatic carbocycles. The highest BCUT2D eigenvalue weighted by Crippen LogP contribution is 2.33. The number of carbonyl (C=O) groups excluding carboxylic acids is 1. The molecule has 0 radical (unpaired) electrons. The second-order valence-corrected chi connectivity index (χ2v) is 8.68. The number of nitrogens with two attached hydrogens (primary N) is 1. The van der Waals surface area contributed by atoms with E-state index in [2.05, 4.69) is 27.7 Å². The fraction of sp³-hybridized carbons (Fsp3) is 0. The summed E-state index contributed by atoms with van der Waals surface area (Å²) in [6, 6.07) is 14.3. The van der Waals surface area contributed by atoms with Gasteiger partial charge in [-0.3, -0.25) is 14.2 Å². The highest BCUT2D eigenvalue weighted by atomic mass is 127. The summed E-state index contributed by atoms with van der Waals surface area (Å²) in [5, 5.41) is 4.19. The van der Waals surface area contributed by atoms with Gasteiger partial charge in [0.1, 0.15) is 16.9 Å². The fourth-order valence-electron chi connectivity index (χ4n) is 3.75. The Kier molecular flexibility index (Phi) is 5.81. The van der Waals surface area contributed by atoms with Crippen LogP contribution in [0.15, 0.2) is 84.0 Å². The lowest BCUT2D eigenvalue weighted by Gasteiger charge is -2.13. The number of halogens is 3. The number of rotatable bonds is 5. The average Bonchev–Trinajstić information content (AvgIpc) is 3.22. The van der Waals surface area contributed by atoms with Gasteiger partial charge in [0, 0.05) is 33.3 Å². The zero-order valence-electron chi connectivity index (χ0n) is 17.8. The van der Waals surface area contributed by atoms with Gasteiger partial charge in [0.15, 0.2) is 17.3 Å². The molecule has 0 atom stereocenters. The van der Waals surface area contributed by atoms with Gasteiger partial charge in [0.05, 0.1) is 6.20 Å². The molecule has 0 unspecified atom stereocenters. The summed E-state index contributed by atoms with van der Waals surface area (Å²) >= 11 is 2.14. The molecule has 0 saturated carbocycles. The summed E-state index contributed by atoms with van der Waals surface area (Å²) in [6.45, 7) is 0. The highest BCUT2D eigenvalue weighted by molar-refractivity contribution is 14.1. The second-order valence-electron chi connectivity index (χ2n) is 7.52. The molecule has 5 aromatic rings. The van der Waals surface area contributed by atoms with E-state index in [1.54, 1.807) is 23.0 Å². The van der Waals surface area contributed by atoms with Gasteiger partial charge in [0.2, 0.25) is 0 Å². The predicted octanol–water partition coefficient (Wildman–Crippen LogP) is 4.93. The molecule has 3 aromatic heterocycles. The zero-order valence-corrected chi connectivity index (χ0v) is 19.9. The number of aromatic nitrogens is 3. The van der Waals surface area contributed by atoms with Crippen molar-refractivity contribution < 1.29 is 18.3 Å². The molecule has 0 aliphatic carbocycles. The number of hydrogen-bond acceptors (Lipinski definition) is 4. The van der Waals surface area contributed by atoms with Crippen LogP contribution in [0.1, 0.15) is 10.4 Å².